The molecule has 23 heavy (non-hydrogen) atoms. The van der Waals surface area contributed by atoms with Gasteiger partial charge in [0.1, 0.15) is 6.61 Å². The Morgan fingerprint density at radius 1 is 1.22 bits per heavy atom. The number of carbonyl (C=O) groups excluding carboxylic acids is 1. The fourth-order valence-corrected chi connectivity index (χ4v) is 2.72. The Morgan fingerprint density at radius 2 is 1.91 bits per heavy atom. The summed E-state index contributed by atoms with van der Waals surface area (Å²) in [5.74, 6) is 0.526. The summed E-state index contributed by atoms with van der Waals surface area (Å²) >= 11 is 0. The topological polar surface area (TPSA) is 59.6 Å². The molecule has 5 heteroatoms. The van der Waals surface area contributed by atoms with E-state index in [0.717, 1.165) is 18.4 Å². The zero-order valence-electron chi connectivity index (χ0n) is 14.2. The van der Waals surface area contributed by atoms with Gasteiger partial charge < -0.3 is 20.1 Å². The van der Waals surface area contributed by atoms with Crippen LogP contribution in [0.5, 0.6) is 0 Å². The number of alkyl carbamates (subject to hydrolysis) is 1. The van der Waals surface area contributed by atoms with Crippen molar-refractivity contribution >= 4 is 6.09 Å². The van der Waals surface area contributed by atoms with Crippen molar-refractivity contribution in [2.24, 2.45) is 5.92 Å². The van der Waals surface area contributed by atoms with E-state index in [1.807, 2.05) is 30.3 Å². The van der Waals surface area contributed by atoms with Crippen molar-refractivity contribution in [2.45, 2.75) is 51.4 Å². The third kappa shape index (κ3) is 5.84. The van der Waals surface area contributed by atoms with E-state index in [-0.39, 0.29) is 12.1 Å². The lowest BCUT2D eigenvalue weighted by atomic mass is 9.85. The van der Waals surface area contributed by atoms with Gasteiger partial charge in [0, 0.05) is 25.2 Å². The second-order valence-corrected chi connectivity index (χ2v) is 6.54. The Balaban J connectivity index is 1.62. The van der Waals surface area contributed by atoms with Gasteiger partial charge in [-0.3, -0.25) is 0 Å². The highest BCUT2D eigenvalue weighted by Gasteiger charge is 2.32. The van der Waals surface area contributed by atoms with Crippen LogP contribution in [0.3, 0.4) is 0 Å². The molecule has 1 aromatic carbocycles. The summed E-state index contributed by atoms with van der Waals surface area (Å²) in [5.41, 5.74) is 0.996. The monoisotopic (exact) mass is 320 g/mol. The molecule has 1 unspecified atom stereocenters. The molecule has 1 aliphatic carbocycles. The normalized spacial score (nSPS) is 21.6. The number of benzene rings is 1. The van der Waals surface area contributed by atoms with Crippen LogP contribution in [0.25, 0.3) is 0 Å². The Bertz CT molecular complexity index is 472. The Hall–Kier alpha value is -1.59. The van der Waals surface area contributed by atoms with Gasteiger partial charge in [0.2, 0.25) is 0 Å². The third-order valence-corrected chi connectivity index (χ3v) is 4.27. The van der Waals surface area contributed by atoms with Crippen LogP contribution in [-0.4, -0.2) is 37.9 Å². The van der Waals surface area contributed by atoms with Gasteiger partial charge in [-0.2, -0.15) is 0 Å². The summed E-state index contributed by atoms with van der Waals surface area (Å²) in [7, 11) is 1.73. The number of hydrogen-bond acceptors (Lipinski definition) is 4. The first-order valence-electron chi connectivity index (χ1n) is 8.30. The molecule has 5 nitrogen and oxygen atoms in total. The largest absolute Gasteiger partial charge is 0.445 e. The van der Waals surface area contributed by atoms with Gasteiger partial charge in [0.15, 0.2) is 0 Å². The number of nitrogens with one attached hydrogen (secondary N) is 2. The lowest BCUT2D eigenvalue weighted by molar-refractivity contribution is 0.109. The molecule has 0 heterocycles. The van der Waals surface area contributed by atoms with Crippen LogP contribution in [0.4, 0.5) is 4.79 Å². The van der Waals surface area contributed by atoms with E-state index in [1.165, 1.54) is 0 Å². The van der Waals surface area contributed by atoms with Gasteiger partial charge in [-0.05, 0) is 24.3 Å². The second kappa shape index (κ2) is 8.89. The van der Waals surface area contributed by atoms with E-state index in [1.54, 1.807) is 7.11 Å². The highest BCUT2D eigenvalue weighted by atomic mass is 16.5. The average Bonchev–Trinajstić information content (AvgIpc) is 2.50. The van der Waals surface area contributed by atoms with Gasteiger partial charge in [0.25, 0.3) is 0 Å². The van der Waals surface area contributed by atoms with Crippen LogP contribution < -0.4 is 10.6 Å². The molecule has 2 N–H and O–H groups in total. The van der Waals surface area contributed by atoms with E-state index >= 15 is 0 Å². The standard InChI is InChI=1S/C18H28N2O3/c1-13(2)17(12-22-3)19-15-9-16(10-15)20-18(21)23-11-14-7-5-4-6-8-14/h4-8,13,15-17,19H,9-12H2,1-3H3,(H,20,21). The van der Waals surface area contributed by atoms with Gasteiger partial charge in [-0.1, -0.05) is 44.2 Å². The highest BCUT2D eigenvalue weighted by Crippen LogP contribution is 2.22. The van der Waals surface area contributed by atoms with Crippen molar-refractivity contribution in [3.05, 3.63) is 35.9 Å². The van der Waals surface area contributed by atoms with Gasteiger partial charge in [-0.25, -0.2) is 4.79 Å². The lowest BCUT2D eigenvalue weighted by Gasteiger charge is -2.39. The van der Waals surface area contributed by atoms with Crippen LogP contribution in [0, 0.1) is 5.92 Å². The number of ether oxygens (including phenoxy) is 2. The van der Waals surface area contributed by atoms with Crippen LogP contribution in [0.2, 0.25) is 0 Å². The predicted octanol–water partition coefficient (Wildman–Crippen LogP) is 2.70. The molecule has 0 bridgehead atoms. The molecule has 2 rings (SSSR count). The maximum atomic E-state index is 11.8. The molecule has 1 aromatic rings. The first kappa shape index (κ1) is 17.8. The summed E-state index contributed by atoms with van der Waals surface area (Å²) in [6.45, 7) is 5.40. The quantitative estimate of drug-likeness (QED) is 0.773. The molecule has 0 saturated heterocycles. The van der Waals surface area contributed by atoms with Crippen LogP contribution >= 0.6 is 0 Å². The van der Waals surface area contributed by atoms with Crippen molar-refractivity contribution in [3.63, 3.8) is 0 Å². The number of amides is 1. The summed E-state index contributed by atoms with van der Waals surface area (Å²) in [5, 5.41) is 6.52. The van der Waals surface area contributed by atoms with Crippen LogP contribution in [0.1, 0.15) is 32.3 Å². The SMILES string of the molecule is COCC(NC1CC(NC(=O)OCc2ccccc2)C1)C(C)C. The van der Waals surface area contributed by atoms with Crippen molar-refractivity contribution < 1.29 is 14.3 Å². The summed E-state index contributed by atoms with van der Waals surface area (Å²) < 4.78 is 10.5. The average molecular weight is 320 g/mol. The van der Waals surface area contributed by atoms with E-state index in [0.29, 0.717) is 31.2 Å². The summed E-state index contributed by atoms with van der Waals surface area (Å²) in [6.07, 6.45) is 1.54. The second-order valence-electron chi connectivity index (χ2n) is 6.54. The number of carbonyl (C=O) groups is 1. The van der Waals surface area contributed by atoms with E-state index in [4.69, 9.17) is 9.47 Å². The Kier molecular flexibility index (Phi) is 6.86. The van der Waals surface area contributed by atoms with Gasteiger partial charge >= 0.3 is 6.09 Å². The molecular weight excluding hydrogens is 292 g/mol. The third-order valence-electron chi connectivity index (χ3n) is 4.27. The van der Waals surface area contributed by atoms with Crippen LogP contribution in [-0.2, 0) is 16.1 Å². The number of rotatable bonds is 8. The van der Waals surface area contributed by atoms with Crippen LogP contribution in [0.15, 0.2) is 30.3 Å². The molecule has 1 fully saturated rings. The van der Waals surface area contributed by atoms with Crippen molar-refractivity contribution in [1.82, 2.24) is 10.6 Å². The smallest absolute Gasteiger partial charge is 0.407 e. The molecular formula is C18H28N2O3. The zero-order valence-corrected chi connectivity index (χ0v) is 14.2. The molecule has 1 saturated carbocycles. The first-order chi connectivity index (χ1) is 11.1. The van der Waals surface area contributed by atoms with E-state index in [9.17, 15) is 4.79 Å². The first-order valence-corrected chi connectivity index (χ1v) is 8.30. The fourth-order valence-electron chi connectivity index (χ4n) is 2.72. The van der Waals surface area contributed by atoms with Gasteiger partial charge in [0.05, 0.1) is 6.61 Å². The van der Waals surface area contributed by atoms with E-state index < -0.39 is 0 Å². The molecule has 1 aliphatic rings. The minimum Gasteiger partial charge on any atom is -0.445 e. The highest BCUT2D eigenvalue weighted by molar-refractivity contribution is 5.67. The zero-order chi connectivity index (χ0) is 16.7. The van der Waals surface area contributed by atoms with Crippen molar-refractivity contribution in [3.8, 4) is 0 Å². The van der Waals surface area contributed by atoms with Gasteiger partial charge in [-0.15, -0.1) is 0 Å². The fraction of sp³-hybridized carbons (Fsp3) is 0.611. The number of hydrogen-bond donors (Lipinski definition) is 2. The lowest BCUT2D eigenvalue weighted by Crippen LogP contribution is -2.56. The molecule has 0 aliphatic heterocycles. The molecule has 1 amide bonds. The van der Waals surface area contributed by atoms with E-state index in [2.05, 4.69) is 24.5 Å². The Morgan fingerprint density at radius 3 is 2.52 bits per heavy atom. The molecule has 128 valence electrons. The molecule has 0 aromatic heterocycles. The molecule has 1 atom stereocenters. The Labute approximate surface area is 138 Å². The van der Waals surface area contributed by atoms with Crippen molar-refractivity contribution in [2.75, 3.05) is 13.7 Å². The minimum absolute atomic E-state index is 0.200. The maximum Gasteiger partial charge on any atom is 0.407 e. The molecule has 0 spiro atoms. The minimum atomic E-state index is -0.338. The molecule has 0 radical (unpaired) electrons. The summed E-state index contributed by atoms with van der Waals surface area (Å²) in [4.78, 5) is 11.8. The number of methoxy groups -OCH3 is 1. The predicted molar refractivity (Wildman–Crippen MR) is 90.2 cm³/mol. The van der Waals surface area contributed by atoms with Crippen molar-refractivity contribution in [1.29, 1.82) is 0 Å². The maximum absolute atomic E-state index is 11.8. The summed E-state index contributed by atoms with van der Waals surface area (Å²) in [6, 6.07) is 10.7.